The highest BCUT2D eigenvalue weighted by atomic mass is 19.1. The Bertz CT molecular complexity index is 1350. The summed E-state index contributed by atoms with van der Waals surface area (Å²) in [5.41, 5.74) is 11.7. The number of rotatable bonds is 14. The fourth-order valence-corrected chi connectivity index (χ4v) is 4.31. The monoisotopic (exact) mass is 569 g/mol. The van der Waals surface area contributed by atoms with Gasteiger partial charge in [-0.2, -0.15) is 0 Å². The highest BCUT2D eigenvalue weighted by Gasteiger charge is 2.31. The number of amides is 2. The van der Waals surface area contributed by atoms with E-state index in [9.17, 15) is 23.9 Å². The van der Waals surface area contributed by atoms with E-state index in [0.29, 0.717) is 16.6 Å². The molecule has 0 aliphatic carbocycles. The smallest absolute Gasteiger partial charge is 0.433 e. The second kappa shape index (κ2) is 14.5. The van der Waals surface area contributed by atoms with Crippen LogP contribution in [-0.2, 0) is 20.7 Å². The Morgan fingerprint density at radius 1 is 1.12 bits per heavy atom. The van der Waals surface area contributed by atoms with Crippen molar-refractivity contribution in [1.29, 1.82) is 0 Å². The van der Waals surface area contributed by atoms with E-state index in [1.54, 1.807) is 44.2 Å². The first kappa shape index (κ1) is 31.4. The molecular weight excluding hydrogens is 533 g/mol. The number of hydrogen-bond acceptors (Lipinski definition) is 9. The van der Waals surface area contributed by atoms with Crippen LogP contribution in [0, 0.1) is 11.7 Å². The molecule has 0 saturated carbocycles. The molecule has 0 aliphatic heterocycles. The van der Waals surface area contributed by atoms with Crippen molar-refractivity contribution in [3.63, 3.8) is 0 Å². The van der Waals surface area contributed by atoms with Crippen LogP contribution in [0.5, 0.6) is 0 Å². The molecule has 0 saturated heterocycles. The molecule has 3 rings (SSSR count). The van der Waals surface area contributed by atoms with Crippen molar-refractivity contribution < 1.29 is 33.4 Å². The molecule has 11 nitrogen and oxygen atoms in total. The lowest BCUT2D eigenvalue weighted by atomic mass is 9.87. The molecule has 3 unspecified atom stereocenters. The summed E-state index contributed by atoms with van der Waals surface area (Å²) < 4.78 is 24.1. The molecule has 2 amide bonds. The van der Waals surface area contributed by atoms with E-state index >= 15 is 0 Å². The first-order chi connectivity index (χ1) is 19.5. The van der Waals surface area contributed by atoms with Gasteiger partial charge < -0.3 is 31.4 Å². The summed E-state index contributed by atoms with van der Waals surface area (Å²) in [5, 5.41) is 14.0. The predicted octanol–water partition coefficient (Wildman–Crippen LogP) is 2.63. The quantitative estimate of drug-likeness (QED) is 0.212. The summed E-state index contributed by atoms with van der Waals surface area (Å²) in [7, 11) is 0. The van der Waals surface area contributed by atoms with Crippen molar-refractivity contribution in [3.05, 3.63) is 71.8 Å². The van der Waals surface area contributed by atoms with Crippen molar-refractivity contribution in [2.75, 3.05) is 13.2 Å². The Morgan fingerprint density at radius 2 is 1.85 bits per heavy atom. The van der Waals surface area contributed by atoms with Crippen LogP contribution < -0.4 is 16.8 Å². The van der Waals surface area contributed by atoms with Gasteiger partial charge in [-0.15, -0.1) is 0 Å². The summed E-state index contributed by atoms with van der Waals surface area (Å²) >= 11 is 0. The van der Waals surface area contributed by atoms with Gasteiger partial charge in [0.15, 0.2) is 0 Å². The van der Waals surface area contributed by atoms with E-state index in [1.165, 1.54) is 24.4 Å². The van der Waals surface area contributed by atoms with Crippen molar-refractivity contribution >= 4 is 29.0 Å². The van der Waals surface area contributed by atoms with Crippen LogP contribution in [0.4, 0.5) is 9.18 Å². The number of carbonyl (C=O) groups is 3. The van der Waals surface area contributed by atoms with Gasteiger partial charge in [0, 0.05) is 12.5 Å². The summed E-state index contributed by atoms with van der Waals surface area (Å²) in [4.78, 5) is 45.9. The third-order valence-corrected chi connectivity index (χ3v) is 6.53. The molecule has 6 N–H and O–H groups in total. The van der Waals surface area contributed by atoms with Gasteiger partial charge in [-0.1, -0.05) is 24.3 Å². The number of primary amides is 1. The maximum absolute atomic E-state index is 13.9. The molecule has 0 spiro atoms. The van der Waals surface area contributed by atoms with Crippen molar-refractivity contribution in [1.82, 2.24) is 15.3 Å². The molecule has 3 aromatic rings. The number of nitrogens with one attached hydrogen (secondary N) is 1. The molecule has 0 fully saturated rings. The number of carbonyl (C=O) groups excluding carboxylic acids is 3. The largest absolute Gasteiger partial charge is 0.508 e. The molecule has 0 aliphatic rings. The molecular formula is C29H36FN5O6. The Kier molecular flexibility index (Phi) is 11.1. The molecule has 2 aromatic carbocycles. The standard InChI is InChI=1S/C29H36FN5O6/c1-29(2,41-28(39)40-13-12-31)11-10-19(26(32)37)16-25(36)23(15-18-6-5-7-20(30)14-18)35-27(38)24-17-33-21-8-3-4-9-22(21)34-24/h3-9,14,17,19,23,25,36H,10-13,15-16,31H2,1-2H3,(H2,32,37)(H,35,38). The lowest BCUT2D eigenvalue weighted by Crippen LogP contribution is -2.46. The third kappa shape index (κ3) is 9.76. The van der Waals surface area contributed by atoms with E-state index in [0.717, 1.165) is 0 Å². The second-order valence-corrected chi connectivity index (χ2v) is 10.3. The molecule has 0 radical (unpaired) electrons. The highest BCUT2D eigenvalue weighted by molar-refractivity contribution is 5.94. The average molecular weight is 570 g/mol. The number of benzene rings is 2. The minimum atomic E-state index is -1.24. The second-order valence-electron chi connectivity index (χ2n) is 10.3. The van der Waals surface area contributed by atoms with E-state index in [4.69, 9.17) is 20.9 Å². The van der Waals surface area contributed by atoms with Crippen molar-refractivity contribution in [3.8, 4) is 0 Å². The molecule has 12 heteroatoms. The number of aliphatic hydroxyl groups excluding tert-OH is 1. The van der Waals surface area contributed by atoms with E-state index in [1.807, 2.05) is 0 Å². The fourth-order valence-electron chi connectivity index (χ4n) is 4.31. The zero-order valence-electron chi connectivity index (χ0n) is 23.1. The maximum atomic E-state index is 13.9. The van der Waals surface area contributed by atoms with Crippen LogP contribution in [0.1, 0.15) is 49.2 Å². The fraction of sp³-hybridized carbons (Fsp3) is 0.414. The number of nitrogens with two attached hydrogens (primary N) is 2. The van der Waals surface area contributed by atoms with Crippen LogP contribution in [0.25, 0.3) is 11.0 Å². The molecule has 1 aromatic heterocycles. The Morgan fingerprint density at radius 3 is 2.54 bits per heavy atom. The topological polar surface area (TPSA) is 180 Å². The minimum Gasteiger partial charge on any atom is -0.433 e. The number of aromatic nitrogens is 2. The van der Waals surface area contributed by atoms with Gasteiger partial charge in [-0.25, -0.2) is 14.2 Å². The Balaban J connectivity index is 1.74. The summed E-state index contributed by atoms with van der Waals surface area (Å²) in [6.45, 7) is 3.47. The number of halogens is 1. The number of aliphatic hydroxyl groups is 1. The maximum Gasteiger partial charge on any atom is 0.508 e. The first-order valence-electron chi connectivity index (χ1n) is 13.3. The van der Waals surface area contributed by atoms with Gasteiger partial charge in [-0.05, 0) is 69.4 Å². The van der Waals surface area contributed by atoms with Gasteiger partial charge in [0.2, 0.25) is 5.91 Å². The minimum absolute atomic E-state index is 0.00816. The zero-order valence-corrected chi connectivity index (χ0v) is 23.1. The normalized spacial score (nSPS) is 13.7. The molecule has 3 atom stereocenters. The van der Waals surface area contributed by atoms with E-state index in [-0.39, 0.29) is 44.5 Å². The molecule has 41 heavy (non-hydrogen) atoms. The number of fused-ring (bicyclic) bond motifs is 1. The lowest BCUT2D eigenvalue weighted by Gasteiger charge is -2.29. The van der Waals surface area contributed by atoms with E-state index in [2.05, 4.69) is 15.3 Å². The van der Waals surface area contributed by atoms with Crippen LogP contribution in [0.15, 0.2) is 54.7 Å². The van der Waals surface area contributed by atoms with Gasteiger partial charge in [-0.3, -0.25) is 14.6 Å². The SMILES string of the molecule is CC(C)(CCC(CC(O)C(Cc1cccc(F)c1)NC(=O)c1cnc2ccccc2n1)C(N)=O)OC(=O)OCCN. The molecule has 220 valence electrons. The predicted molar refractivity (Wildman–Crippen MR) is 149 cm³/mol. The Labute approximate surface area is 237 Å². The van der Waals surface area contributed by atoms with Gasteiger partial charge in [0.1, 0.15) is 23.7 Å². The number of ether oxygens (including phenoxy) is 2. The molecule has 1 heterocycles. The summed E-state index contributed by atoms with van der Waals surface area (Å²) in [6, 6.07) is 11.9. The van der Waals surface area contributed by atoms with Gasteiger partial charge >= 0.3 is 6.16 Å². The van der Waals surface area contributed by atoms with Crippen LogP contribution in [0.2, 0.25) is 0 Å². The van der Waals surface area contributed by atoms with E-state index < -0.39 is 47.5 Å². The van der Waals surface area contributed by atoms with Crippen molar-refractivity contribution in [2.45, 2.75) is 57.3 Å². The third-order valence-electron chi connectivity index (χ3n) is 6.53. The van der Waals surface area contributed by atoms with Gasteiger partial charge in [0.25, 0.3) is 5.91 Å². The van der Waals surface area contributed by atoms with Gasteiger partial charge in [0.05, 0.1) is 29.4 Å². The average Bonchev–Trinajstić information content (AvgIpc) is 2.93. The lowest BCUT2D eigenvalue weighted by molar-refractivity contribution is -0.123. The van der Waals surface area contributed by atoms with Crippen molar-refractivity contribution in [2.24, 2.45) is 17.4 Å². The van der Waals surface area contributed by atoms with Crippen LogP contribution >= 0.6 is 0 Å². The first-order valence-corrected chi connectivity index (χ1v) is 13.3. The Hall–Kier alpha value is -4.16. The van der Waals surface area contributed by atoms with Crippen LogP contribution in [-0.4, -0.2) is 63.9 Å². The number of hydrogen-bond donors (Lipinski definition) is 4. The summed E-state index contributed by atoms with van der Waals surface area (Å²) in [5.74, 6) is -2.54. The summed E-state index contributed by atoms with van der Waals surface area (Å²) in [6.07, 6.45) is -0.418. The highest BCUT2D eigenvalue weighted by Crippen LogP contribution is 2.25. The molecule has 0 bridgehead atoms. The van der Waals surface area contributed by atoms with Crippen LogP contribution in [0.3, 0.4) is 0 Å². The zero-order chi connectivity index (χ0) is 30.0. The number of para-hydroxylation sites is 2. The number of nitrogens with zero attached hydrogens (tertiary/aromatic N) is 2.